The van der Waals surface area contributed by atoms with Gasteiger partial charge < -0.3 is 9.88 Å². The van der Waals surface area contributed by atoms with Crippen molar-refractivity contribution < 1.29 is 13.2 Å². The van der Waals surface area contributed by atoms with Crippen LogP contribution in [0.4, 0.5) is 13.2 Å². The van der Waals surface area contributed by atoms with E-state index in [4.69, 9.17) is 0 Å². The first-order valence-corrected chi connectivity index (χ1v) is 8.27. The van der Waals surface area contributed by atoms with E-state index >= 15 is 0 Å². The monoisotopic (exact) mass is 345 g/mol. The first-order chi connectivity index (χ1) is 10.8. The SMILES string of the molecule is Cc1nc(C)c(CNCc2nnc3n2CC(C(F)(F)F)CC3)s1. The molecule has 126 valence electrons. The minimum absolute atomic E-state index is 0.0818. The van der Waals surface area contributed by atoms with E-state index < -0.39 is 12.1 Å². The molecule has 0 radical (unpaired) electrons. The number of rotatable bonds is 4. The summed E-state index contributed by atoms with van der Waals surface area (Å²) in [6, 6.07) is 0. The molecule has 0 aliphatic carbocycles. The Morgan fingerprint density at radius 3 is 2.70 bits per heavy atom. The van der Waals surface area contributed by atoms with Crippen molar-refractivity contribution in [2.75, 3.05) is 0 Å². The number of alkyl halides is 3. The summed E-state index contributed by atoms with van der Waals surface area (Å²) in [5.41, 5.74) is 0.986. The van der Waals surface area contributed by atoms with Crippen molar-refractivity contribution in [3.63, 3.8) is 0 Å². The summed E-state index contributed by atoms with van der Waals surface area (Å²) >= 11 is 1.62. The molecule has 0 spiro atoms. The van der Waals surface area contributed by atoms with Gasteiger partial charge in [-0.2, -0.15) is 13.2 Å². The Kier molecular flexibility index (Phi) is 4.41. The Morgan fingerprint density at radius 1 is 1.26 bits per heavy atom. The summed E-state index contributed by atoms with van der Waals surface area (Å²) in [5, 5.41) is 12.3. The van der Waals surface area contributed by atoms with Gasteiger partial charge in [-0.05, 0) is 20.3 Å². The maximum absolute atomic E-state index is 12.9. The van der Waals surface area contributed by atoms with Gasteiger partial charge in [-0.15, -0.1) is 21.5 Å². The Morgan fingerprint density at radius 2 is 2.04 bits per heavy atom. The van der Waals surface area contributed by atoms with Crippen LogP contribution in [0, 0.1) is 19.8 Å². The van der Waals surface area contributed by atoms with Gasteiger partial charge in [0.15, 0.2) is 0 Å². The van der Waals surface area contributed by atoms with Crippen LogP contribution in [0.25, 0.3) is 0 Å². The average molecular weight is 345 g/mol. The van der Waals surface area contributed by atoms with Crippen molar-refractivity contribution in [2.24, 2.45) is 5.92 Å². The third-order valence-corrected chi connectivity index (χ3v) is 5.13. The van der Waals surface area contributed by atoms with Gasteiger partial charge in [0.1, 0.15) is 11.6 Å². The van der Waals surface area contributed by atoms with Crippen LogP contribution < -0.4 is 5.32 Å². The predicted molar refractivity (Wildman–Crippen MR) is 80.0 cm³/mol. The number of nitrogens with one attached hydrogen (secondary N) is 1. The number of aromatic nitrogens is 4. The lowest BCUT2D eigenvalue weighted by Gasteiger charge is -2.26. The van der Waals surface area contributed by atoms with Crippen molar-refractivity contribution >= 4 is 11.3 Å². The summed E-state index contributed by atoms with van der Waals surface area (Å²) in [5.74, 6) is -0.101. The van der Waals surface area contributed by atoms with Gasteiger partial charge in [-0.3, -0.25) is 0 Å². The van der Waals surface area contributed by atoms with Crippen molar-refractivity contribution in [1.29, 1.82) is 0 Å². The van der Waals surface area contributed by atoms with Crippen LogP contribution in [0.5, 0.6) is 0 Å². The molecule has 0 amide bonds. The second kappa shape index (κ2) is 6.20. The second-order valence-corrected chi connectivity index (χ2v) is 7.05. The second-order valence-electron chi connectivity index (χ2n) is 5.77. The fraction of sp³-hybridized carbons (Fsp3) is 0.643. The number of hydrogen-bond donors (Lipinski definition) is 1. The van der Waals surface area contributed by atoms with Gasteiger partial charge in [-0.1, -0.05) is 0 Å². The smallest absolute Gasteiger partial charge is 0.313 e. The lowest BCUT2D eigenvalue weighted by Crippen LogP contribution is -2.33. The minimum atomic E-state index is -4.16. The molecule has 0 saturated heterocycles. The highest BCUT2D eigenvalue weighted by Crippen LogP contribution is 2.34. The van der Waals surface area contributed by atoms with Crippen LogP contribution >= 0.6 is 11.3 Å². The van der Waals surface area contributed by atoms with E-state index in [1.807, 2.05) is 13.8 Å². The van der Waals surface area contributed by atoms with Crippen LogP contribution in [0.2, 0.25) is 0 Å². The average Bonchev–Trinajstić information content (AvgIpc) is 3.01. The summed E-state index contributed by atoms with van der Waals surface area (Å²) in [6.45, 7) is 4.85. The summed E-state index contributed by atoms with van der Waals surface area (Å²) in [7, 11) is 0. The molecular formula is C14H18F3N5S. The zero-order chi connectivity index (χ0) is 16.6. The van der Waals surface area contributed by atoms with E-state index in [0.29, 0.717) is 31.2 Å². The standard InChI is InChI=1S/C14H18F3N5S/c1-8-11(23-9(2)19-8)5-18-6-13-21-20-12-4-3-10(7-22(12)13)14(15,16)17/h10,18H,3-7H2,1-2H3. The summed E-state index contributed by atoms with van der Waals surface area (Å²) < 4.78 is 40.4. The molecule has 1 unspecified atom stereocenters. The van der Waals surface area contributed by atoms with Crippen LogP contribution in [-0.4, -0.2) is 25.9 Å². The topological polar surface area (TPSA) is 55.6 Å². The third-order valence-electron chi connectivity index (χ3n) is 4.05. The van der Waals surface area contributed by atoms with Crippen LogP contribution in [0.15, 0.2) is 0 Å². The number of nitrogens with zero attached hydrogens (tertiary/aromatic N) is 4. The summed E-state index contributed by atoms with van der Waals surface area (Å²) in [4.78, 5) is 5.49. The molecule has 0 fully saturated rings. The molecule has 0 aromatic carbocycles. The van der Waals surface area contributed by atoms with Crippen molar-refractivity contribution in [3.8, 4) is 0 Å². The largest absolute Gasteiger partial charge is 0.393 e. The molecule has 3 heterocycles. The fourth-order valence-electron chi connectivity index (χ4n) is 2.81. The van der Waals surface area contributed by atoms with Crippen molar-refractivity contribution in [3.05, 3.63) is 27.2 Å². The van der Waals surface area contributed by atoms with E-state index in [1.54, 1.807) is 15.9 Å². The van der Waals surface area contributed by atoms with Gasteiger partial charge in [0, 0.05) is 24.4 Å². The van der Waals surface area contributed by atoms with E-state index in [-0.39, 0.29) is 13.0 Å². The molecule has 0 saturated carbocycles. The summed E-state index contributed by atoms with van der Waals surface area (Å²) in [6.07, 6.45) is -3.75. The van der Waals surface area contributed by atoms with Gasteiger partial charge in [0.25, 0.3) is 0 Å². The molecule has 23 heavy (non-hydrogen) atoms. The molecule has 1 N–H and O–H groups in total. The highest BCUT2D eigenvalue weighted by Gasteiger charge is 2.42. The maximum atomic E-state index is 12.9. The zero-order valence-electron chi connectivity index (χ0n) is 12.9. The first kappa shape index (κ1) is 16.4. The molecule has 5 nitrogen and oxygen atoms in total. The maximum Gasteiger partial charge on any atom is 0.393 e. The molecule has 0 bridgehead atoms. The highest BCUT2D eigenvalue weighted by atomic mass is 32.1. The zero-order valence-corrected chi connectivity index (χ0v) is 13.8. The third kappa shape index (κ3) is 3.55. The van der Waals surface area contributed by atoms with Crippen LogP contribution in [0.1, 0.15) is 33.6 Å². The number of thiazole rings is 1. The molecule has 1 aliphatic rings. The van der Waals surface area contributed by atoms with E-state index in [1.165, 1.54) is 0 Å². The lowest BCUT2D eigenvalue weighted by molar-refractivity contribution is -0.182. The van der Waals surface area contributed by atoms with Gasteiger partial charge in [0.2, 0.25) is 0 Å². The quantitative estimate of drug-likeness (QED) is 0.926. The number of hydrogen-bond acceptors (Lipinski definition) is 5. The number of aryl methyl sites for hydroxylation is 3. The van der Waals surface area contributed by atoms with Crippen molar-refractivity contribution in [2.45, 2.75) is 52.5 Å². The van der Waals surface area contributed by atoms with Crippen LogP contribution in [-0.2, 0) is 26.1 Å². The Balaban J connectivity index is 1.64. The molecule has 1 aliphatic heterocycles. The molecular weight excluding hydrogens is 327 g/mol. The van der Waals surface area contributed by atoms with E-state index in [9.17, 15) is 13.2 Å². The van der Waals surface area contributed by atoms with E-state index in [0.717, 1.165) is 15.6 Å². The van der Waals surface area contributed by atoms with Crippen molar-refractivity contribution in [1.82, 2.24) is 25.1 Å². The Hall–Kier alpha value is -1.48. The lowest BCUT2D eigenvalue weighted by atomic mass is 9.99. The fourth-order valence-corrected chi connectivity index (χ4v) is 3.71. The predicted octanol–water partition coefficient (Wildman–Crippen LogP) is 2.77. The molecule has 3 rings (SSSR count). The normalized spacial score (nSPS) is 18.2. The van der Waals surface area contributed by atoms with E-state index in [2.05, 4.69) is 20.5 Å². The minimum Gasteiger partial charge on any atom is -0.313 e. The molecule has 2 aromatic rings. The van der Waals surface area contributed by atoms with Crippen LogP contribution in [0.3, 0.4) is 0 Å². The molecule has 9 heteroatoms. The van der Waals surface area contributed by atoms with Gasteiger partial charge >= 0.3 is 6.18 Å². The molecule has 2 aromatic heterocycles. The Bertz CT molecular complexity index is 691. The highest BCUT2D eigenvalue weighted by molar-refractivity contribution is 7.11. The van der Waals surface area contributed by atoms with Gasteiger partial charge in [-0.25, -0.2) is 4.98 Å². The number of fused-ring (bicyclic) bond motifs is 1. The Labute approximate surface area is 136 Å². The first-order valence-electron chi connectivity index (χ1n) is 7.46. The molecule has 1 atom stereocenters. The van der Waals surface area contributed by atoms with Gasteiger partial charge in [0.05, 0.1) is 23.2 Å². The number of halogens is 3.